The van der Waals surface area contributed by atoms with Crippen LogP contribution in [-0.2, 0) is 19.1 Å². The Hall–Kier alpha value is -3.39. The number of fused-ring (bicyclic) bond motifs is 3. The highest BCUT2D eigenvalue weighted by molar-refractivity contribution is 5.91. The summed E-state index contributed by atoms with van der Waals surface area (Å²) in [7, 11) is 0. The second kappa shape index (κ2) is 9.10. The molecule has 2 aliphatic heterocycles. The van der Waals surface area contributed by atoms with Gasteiger partial charge in [-0.25, -0.2) is 4.79 Å². The molecular weight excluding hydrogens is 436 g/mol. The van der Waals surface area contributed by atoms with Crippen molar-refractivity contribution in [2.45, 2.75) is 30.7 Å². The number of piperidine rings is 1. The summed E-state index contributed by atoms with van der Waals surface area (Å²) >= 11 is 0. The average molecular weight is 465 g/mol. The van der Waals surface area contributed by atoms with Gasteiger partial charge in [-0.3, -0.25) is 9.59 Å². The van der Waals surface area contributed by atoms with E-state index in [-0.39, 0.29) is 31.6 Å². The molecule has 0 spiro atoms. The lowest BCUT2D eigenvalue weighted by Crippen LogP contribution is -2.62. The maximum absolute atomic E-state index is 13.4. The first-order valence-corrected chi connectivity index (χ1v) is 11.7. The number of carbonyl (C=O) groups excluding carboxylic acids is 2. The van der Waals surface area contributed by atoms with Crippen LogP contribution in [-0.4, -0.2) is 66.4 Å². The Bertz CT molecular complexity index is 1060. The molecule has 0 bridgehead atoms. The summed E-state index contributed by atoms with van der Waals surface area (Å²) in [5, 5.41) is 12.2. The second-order valence-corrected chi connectivity index (χ2v) is 9.26. The van der Waals surface area contributed by atoms with Crippen LogP contribution in [0.25, 0.3) is 11.1 Å². The molecule has 2 heterocycles. The predicted octanol–water partition coefficient (Wildman–Crippen LogP) is 3.01. The van der Waals surface area contributed by atoms with Crippen LogP contribution in [0, 0.1) is 5.92 Å². The number of benzene rings is 2. The largest absolute Gasteiger partial charge is 0.481 e. The molecule has 0 aromatic heterocycles. The summed E-state index contributed by atoms with van der Waals surface area (Å²) in [6.45, 7) is 1.14. The zero-order chi connectivity index (χ0) is 23.7. The number of likely N-dealkylation sites (tertiary alicyclic amines) is 1. The predicted molar refractivity (Wildman–Crippen MR) is 123 cm³/mol. The van der Waals surface area contributed by atoms with Crippen LogP contribution in [0.5, 0.6) is 0 Å². The standard InChI is InChI=1S/C26H28N2O6/c29-23(30)17-6-5-12-28(14-17)24(31)26(11-13-33-16-26)27-25(32)34-15-22-20-9-3-1-7-18(20)19-8-2-4-10-21(19)22/h1-4,7-10,17,22H,5-6,11-16H2,(H,27,32)(H,29,30)/t17-,26?/m0/s1. The van der Waals surface area contributed by atoms with E-state index in [1.807, 2.05) is 36.4 Å². The molecule has 178 valence electrons. The number of hydrogen-bond donors (Lipinski definition) is 2. The van der Waals surface area contributed by atoms with Crippen LogP contribution in [0.15, 0.2) is 48.5 Å². The number of aliphatic carboxylic acids is 1. The lowest BCUT2D eigenvalue weighted by Gasteiger charge is -2.37. The van der Waals surface area contributed by atoms with E-state index in [0.29, 0.717) is 32.4 Å². The number of alkyl carbamates (subject to hydrolysis) is 1. The second-order valence-electron chi connectivity index (χ2n) is 9.26. The van der Waals surface area contributed by atoms with Crippen LogP contribution in [0.2, 0.25) is 0 Å². The third-order valence-electron chi connectivity index (χ3n) is 7.17. The number of carboxylic acids is 1. The molecule has 8 nitrogen and oxygen atoms in total. The molecule has 2 atom stereocenters. The van der Waals surface area contributed by atoms with Crippen molar-refractivity contribution in [1.29, 1.82) is 0 Å². The lowest BCUT2D eigenvalue weighted by molar-refractivity contribution is -0.147. The van der Waals surface area contributed by atoms with Gasteiger partial charge in [0.2, 0.25) is 0 Å². The van der Waals surface area contributed by atoms with E-state index in [1.54, 1.807) is 4.90 Å². The van der Waals surface area contributed by atoms with Crippen molar-refractivity contribution in [3.8, 4) is 11.1 Å². The molecule has 2 N–H and O–H groups in total. The van der Waals surface area contributed by atoms with Crippen molar-refractivity contribution in [3.63, 3.8) is 0 Å². The van der Waals surface area contributed by atoms with Crippen molar-refractivity contribution in [1.82, 2.24) is 10.2 Å². The molecule has 1 unspecified atom stereocenters. The fourth-order valence-electron chi connectivity index (χ4n) is 5.38. The summed E-state index contributed by atoms with van der Waals surface area (Å²) in [5.74, 6) is -1.88. The summed E-state index contributed by atoms with van der Waals surface area (Å²) in [5.41, 5.74) is 3.27. The Labute approximate surface area is 197 Å². The Morgan fingerprint density at radius 3 is 2.38 bits per heavy atom. The third-order valence-corrected chi connectivity index (χ3v) is 7.17. The SMILES string of the molecule is O=C(NC1(C(=O)N2CCC[C@H](C(=O)O)C2)CCOC1)OCC1c2ccccc2-c2ccccc21. The molecular formula is C26H28N2O6. The molecule has 0 radical (unpaired) electrons. The van der Waals surface area contributed by atoms with Crippen LogP contribution in [0.1, 0.15) is 36.3 Å². The van der Waals surface area contributed by atoms with Gasteiger partial charge in [-0.05, 0) is 35.1 Å². The van der Waals surface area contributed by atoms with Gasteiger partial charge in [-0.1, -0.05) is 48.5 Å². The van der Waals surface area contributed by atoms with Crippen molar-refractivity contribution >= 4 is 18.0 Å². The number of ether oxygens (including phenoxy) is 2. The number of carbonyl (C=O) groups is 3. The van der Waals surface area contributed by atoms with Gasteiger partial charge in [0.15, 0.2) is 0 Å². The van der Waals surface area contributed by atoms with E-state index in [9.17, 15) is 19.5 Å². The molecule has 5 rings (SSSR count). The zero-order valence-electron chi connectivity index (χ0n) is 18.9. The van der Waals surface area contributed by atoms with E-state index >= 15 is 0 Å². The monoisotopic (exact) mass is 464 g/mol. The summed E-state index contributed by atoms with van der Waals surface area (Å²) in [4.78, 5) is 39.3. The quantitative estimate of drug-likeness (QED) is 0.705. The Kier molecular flexibility index (Phi) is 6.00. The topological polar surface area (TPSA) is 105 Å². The first-order chi connectivity index (χ1) is 16.5. The van der Waals surface area contributed by atoms with Crippen molar-refractivity contribution in [3.05, 3.63) is 59.7 Å². The summed E-state index contributed by atoms with van der Waals surface area (Å²) in [6.07, 6.45) is 0.810. The van der Waals surface area contributed by atoms with E-state index in [4.69, 9.17) is 9.47 Å². The number of hydrogen-bond acceptors (Lipinski definition) is 5. The van der Waals surface area contributed by atoms with Gasteiger partial charge < -0.3 is 24.8 Å². The Balaban J connectivity index is 1.28. The van der Waals surface area contributed by atoms with Gasteiger partial charge in [0.25, 0.3) is 5.91 Å². The highest BCUT2D eigenvalue weighted by Crippen LogP contribution is 2.44. The fraction of sp³-hybridized carbons (Fsp3) is 0.423. The van der Waals surface area contributed by atoms with Gasteiger partial charge in [-0.2, -0.15) is 0 Å². The Morgan fingerprint density at radius 2 is 1.76 bits per heavy atom. The number of nitrogens with one attached hydrogen (secondary N) is 1. The lowest BCUT2D eigenvalue weighted by atomic mass is 9.92. The van der Waals surface area contributed by atoms with E-state index in [2.05, 4.69) is 17.4 Å². The third kappa shape index (κ3) is 4.03. The molecule has 0 saturated carbocycles. The van der Waals surface area contributed by atoms with Gasteiger partial charge in [0.05, 0.1) is 12.5 Å². The van der Waals surface area contributed by atoms with E-state index < -0.39 is 23.5 Å². The molecule has 2 aromatic rings. The van der Waals surface area contributed by atoms with Crippen molar-refractivity contribution in [2.24, 2.45) is 5.92 Å². The molecule has 2 fully saturated rings. The molecule has 3 aliphatic rings. The maximum atomic E-state index is 13.4. The smallest absolute Gasteiger partial charge is 0.408 e. The zero-order valence-corrected chi connectivity index (χ0v) is 18.9. The number of carboxylic acid groups (broad SMARTS) is 1. The highest BCUT2D eigenvalue weighted by Gasteiger charge is 2.47. The van der Waals surface area contributed by atoms with Gasteiger partial charge in [0, 0.05) is 32.0 Å². The van der Waals surface area contributed by atoms with Gasteiger partial charge in [-0.15, -0.1) is 0 Å². The van der Waals surface area contributed by atoms with Crippen LogP contribution < -0.4 is 5.32 Å². The average Bonchev–Trinajstić information content (AvgIpc) is 3.46. The Morgan fingerprint density at radius 1 is 1.09 bits per heavy atom. The minimum atomic E-state index is -1.23. The molecule has 2 saturated heterocycles. The van der Waals surface area contributed by atoms with E-state index in [0.717, 1.165) is 22.3 Å². The number of nitrogens with zero attached hydrogens (tertiary/aromatic N) is 1. The van der Waals surface area contributed by atoms with Crippen molar-refractivity contribution in [2.75, 3.05) is 32.9 Å². The van der Waals surface area contributed by atoms with Crippen LogP contribution in [0.3, 0.4) is 0 Å². The normalized spacial score (nSPS) is 23.8. The highest BCUT2D eigenvalue weighted by atomic mass is 16.6. The molecule has 2 aromatic carbocycles. The molecule has 8 heteroatoms. The molecule has 2 amide bonds. The number of amides is 2. The van der Waals surface area contributed by atoms with E-state index in [1.165, 1.54) is 0 Å². The minimum absolute atomic E-state index is 0.0459. The summed E-state index contributed by atoms with van der Waals surface area (Å²) in [6, 6.07) is 16.2. The first kappa shape index (κ1) is 22.4. The van der Waals surface area contributed by atoms with Gasteiger partial charge >= 0.3 is 12.1 Å². The first-order valence-electron chi connectivity index (χ1n) is 11.7. The van der Waals surface area contributed by atoms with Crippen LogP contribution >= 0.6 is 0 Å². The molecule has 34 heavy (non-hydrogen) atoms. The number of rotatable bonds is 5. The fourth-order valence-corrected chi connectivity index (χ4v) is 5.38. The van der Waals surface area contributed by atoms with Crippen molar-refractivity contribution < 1.29 is 29.0 Å². The van der Waals surface area contributed by atoms with Gasteiger partial charge in [0.1, 0.15) is 12.1 Å². The minimum Gasteiger partial charge on any atom is -0.481 e. The summed E-state index contributed by atoms with van der Waals surface area (Å²) < 4.78 is 11.1. The molecule has 1 aliphatic carbocycles. The van der Waals surface area contributed by atoms with Crippen LogP contribution in [0.4, 0.5) is 4.79 Å². The maximum Gasteiger partial charge on any atom is 0.408 e.